The van der Waals surface area contributed by atoms with Crippen molar-refractivity contribution < 1.29 is 4.79 Å². The van der Waals surface area contributed by atoms with Gasteiger partial charge in [0.2, 0.25) is 5.91 Å². The maximum atomic E-state index is 10.8. The molecular formula is C27H47N7OS. The van der Waals surface area contributed by atoms with E-state index in [1.165, 1.54) is 6.08 Å². The number of hydrogen-bond acceptors (Lipinski definition) is 6. The summed E-state index contributed by atoms with van der Waals surface area (Å²) in [6.07, 6.45) is 9.83. The third-order valence-electron chi connectivity index (χ3n) is 5.18. The fourth-order valence-corrected chi connectivity index (χ4v) is 3.36. The maximum Gasteiger partial charge on any atom is 0.245 e. The number of rotatable bonds is 6. The van der Waals surface area contributed by atoms with Crippen LogP contribution in [0.25, 0.3) is 0 Å². The molecule has 0 unspecified atom stereocenters. The van der Waals surface area contributed by atoms with Crippen molar-refractivity contribution in [3.05, 3.63) is 47.9 Å². The Hall–Kier alpha value is -2.65. The average molecular weight is 518 g/mol. The number of carbonyl (C=O) groups is 1. The van der Waals surface area contributed by atoms with Gasteiger partial charge in [-0.2, -0.15) is 0 Å². The molecule has 0 aromatic rings. The van der Waals surface area contributed by atoms with Crippen LogP contribution in [0.15, 0.2) is 62.9 Å². The van der Waals surface area contributed by atoms with Gasteiger partial charge in [0.1, 0.15) is 10.9 Å². The highest BCUT2D eigenvalue weighted by atomic mass is 32.2. The minimum atomic E-state index is 0.0764. The lowest BCUT2D eigenvalue weighted by Crippen LogP contribution is -2.31. The standard InChI is InChI=1S/C14H21N5S.C7H11NO.C6H15N/c1-5-7-12(18-11(4)15)19-13-9-20-14(10(3)17-13)16-8-6-2;1-2-7(9)8-5-3-4-6-8;1-5(7)6(2,3)4/h6-8H,2,5,9H2,1,3-4H3,(H2,15,18)(H,17,19);2H,1,3-6H2;5H,7H2,1-4H3/b12-7+,16-8-;;/t;;5-/m..0/s1. The van der Waals surface area contributed by atoms with E-state index in [0.717, 1.165) is 54.7 Å². The Labute approximate surface area is 222 Å². The minimum absolute atomic E-state index is 0.0764. The van der Waals surface area contributed by atoms with Gasteiger partial charge in [0.25, 0.3) is 0 Å². The van der Waals surface area contributed by atoms with Gasteiger partial charge in [-0.05, 0) is 57.6 Å². The lowest BCUT2D eigenvalue weighted by Gasteiger charge is -2.22. The number of nitrogens with zero attached hydrogens (tertiary/aromatic N) is 4. The van der Waals surface area contributed by atoms with E-state index in [9.17, 15) is 4.79 Å². The predicted octanol–water partition coefficient (Wildman–Crippen LogP) is 4.97. The summed E-state index contributed by atoms with van der Waals surface area (Å²) < 4.78 is 0. The Kier molecular flexibility index (Phi) is 16.4. The van der Waals surface area contributed by atoms with Gasteiger partial charge in [-0.15, -0.1) is 0 Å². The number of allylic oxidation sites excluding steroid dienone is 3. The van der Waals surface area contributed by atoms with Crippen molar-refractivity contribution in [2.75, 3.05) is 18.8 Å². The first kappa shape index (κ1) is 33.4. The topological polar surface area (TPSA) is 121 Å². The van der Waals surface area contributed by atoms with Crippen LogP contribution in [0.3, 0.4) is 0 Å². The van der Waals surface area contributed by atoms with E-state index in [2.05, 4.69) is 54.2 Å². The summed E-state index contributed by atoms with van der Waals surface area (Å²) in [5.74, 6) is 2.80. The molecule has 0 bridgehead atoms. The molecule has 8 nitrogen and oxygen atoms in total. The molecule has 0 aliphatic carbocycles. The van der Waals surface area contributed by atoms with Crippen LogP contribution in [-0.2, 0) is 4.79 Å². The molecule has 1 amide bonds. The first-order valence-electron chi connectivity index (χ1n) is 12.4. The molecule has 1 saturated heterocycles. The third-order valence-corrected chi connectivity index (χ3v) is 6.28. The van der Waals surface area contributed by atoms with E-state index in [0.29, 0.717) is 17.7 Å². The number of amides is 1. The Bertz CT molecular complexity index is 867. The molecule has 2 aliphatic heterocycles. The quantitative estimate of drug-likeness (QED) is 0.261. The fraction of sp³-hybridized carbons (Fsp3) is 0.556. The molecular weight excluding hydrogens is 470 g/mol. The zero-order chi connectivity index (χ0) is 27.7. The Morgan fingerprint density at radius 1 is 1.28 bits per heavy atom. The normalized spacial score (nSPS) is 18.7. The summed E-state index contributed by atoms with van der Waals surface area (Å²) >= 11 is 1.63. The van der Waals surface area contributed by atoms with Gasteiger partial charge in [-0.25, -0.2) is 15.0 Å². The Morgan fingerprint density at radius 3 is 2.28 bits per heavy atom. The second kappa shape index (κ2) is 17.7. The molecule has 202 valence electrons. The van der Waals surface area contributed by atoms with Crippen LogP contribution >= 0.6 is 11.8 Å². The molecule has 9 heteroatoms. The summed E-state index contributed by atoms with van der Waals surface area (Å²) in [7, 11) is 0. The van der Waals surface area contributed by atoms with Crippen LogP contribution in [0.2, 0.25) is 0 Å². The first-order valence-corrected chi connectivity index (χ1v) is 13.3. The highest BCUT2D eigenvalue weighted by molar-refractivity contribution is 8.03. The van der Waals surface area contributed by atoms with Crippen molar-refractivity contribution in [3.63, 3.8) is 0 Å². The maximum absolute atomic E-state index is 10.8. The second-order valence-electron chi connectivity index (χ2n) is 9.53. The molecule has 0 radical (unpaired) electrons. The molecule has 1 atom stereocenters. The zero-order valence-electron chi connectivity index (χ0n) is 23.3. The minimum Gasteiger partial charge on any atom is -0.387 e. The van der Waals surface area contributed by atoms with Crippen molar-refractivity contribution in [1.82, 2.24) is 10.2 Å². The molecule has 0 saturated carbocycles. The molecule has 36 heavy (non-hydrogen) atoms. The molecule has 0 spiro atoms. The van der Waals surface area contributed by atoms with Gasteiger partial charge in [0, 0.05) is 31.0 Å². The monoisotopic (exact) mass is 517 g/mol. The van der Waals surface area contributed by atoms with Crippen molar-refractivity contribution in [3.8, 4) is 0 Å². The van der Waals surface area contributed by atoms with E-state index in [1.54, 1.807) is 31.0 Å². The lowest BCUT2D eigenvalue weighted by atomic mass is 9.89. The van der Waals surface area contributed by atoms with Crippen LogP contribution < -0.4 is 16.8 Å². The summed E-state index contributed by atoms with van der Waals surface area (Å²) in [5, 5.41) is 4.19. The smallest absolute Gasteiger partial charge is 0.245 e. The molecule has 2 rings (SSSR count). The highest BCUT2D eigenvalue weighted by Gasteiger charge is 2.15. The zero-order valence-corrected chi connectivity index (χ0v) is 24.1. The predicted molar refractivity (Wildman–Crippen MR) is 159 cm³/mol. The number of thioether (sulfide) groups is 1. The summed E-state index contributed by atoms with van der Waals surface area (Å²) in [5.41, 5.74) is 12.4. The number of aliphatic imine (C=N–C) groups is 3. The molecule has 0 aromatic heterocycles. The van der Waals surface area contributed by atoms with Crippen molar-refractivity contribution in [1.29, 1.82) is 0 Å². The Balaban J connectivity index is 0.000000627. The fourth-order valence-electron chi connectivity index (χ4n) is 2.55. The second-order valence-corrected chi connectivity index (χ2v) is 10.5. The highest BCUT2D eigenvalue weighted by Crippen LogP contribution is 2.24. The van der Waals surface area contributed by atoms with Gasteiger partial charge in [0.15, 0.2) is 5.82 Å². The summed E-state index contributed by atoms with van der Waals surface area (Å²) in [4.78, 5) is 25.7. The number of amidine groups is 2. The van der Waals surface area contributed by atoms with Gasteiger partial charge < -0.3 is 21.7 Å². The largest absolute Gasteiger partial charge is 0.387 e. The van der Waals surface area contributed by atoms with Crippen LogP contribution in [0.1, 0.15) is 67.7 Å². The molecule has 0 aromatic carbocycles. The van der Waals surface area contributed by atoms with Gasteiger partial charge in [-0.1, -0.05) is 58.7 Å². The number of hydrogen-bond donors (Lipinski definition) is 3. The van der Waals surface area contributed by atoms with Crippen LogP contribution in [0.5, 0.6) is 0 Å². The van der Waals surface area contributed by atoms with Crippen molar-refractivity contribution in [2.45, 2.75) is 73.8 Å². The van der Waals surface area contributed by atoms with E-state index >= 15 is 0 Å². The van der Waals surface area contributed by atoms with Gasteiger partial charge >= 0.3 is 0 Å². The van der Waals surface area contributed by atoms with Gasteiger partial charge in [-0.3, -0.25) is 4.79 Å². The number of nitrogens with one attached hydrogen (secondary N) is 1. The lowest BCUT2D eigenvalue weighted by molar-refractivity contribution is -0.124. The number of carbonyl (C=O) groups excluding carboxylic acids is 1. The molecule has 2 heterocycles. The molecule has 5 N–H and O–H groups in total. The van der Waals surface area contributed by atoms with E-state index < -0.39 is 0 Å². The number of likely N-dealkylation sites (tertiary alicyclic amines) is 1. The summed E-state index contributed by atoms with van der Waals surface area (Å²) in [6, 6.07) is 0.299. The average Bonchev–Trinajstić information content (AvgIpc) is 3.33. The Morgan fingerprint density at radius 2 is 1.86 bits per heavy atom. The van der Waals surface area contributed by atoms with Crippen LogP contribution in [0, 0.1) is 5.41 Å². The third kappa shape index (κ3) is 14.7. The van der Waals surface area contributed by atoms with E-state index in [4.69, 9.17) is 11.5 Å². The van der Waals surface area contributed by atoms with Crippen LogP contribution in [-0.4, -0.2) is 53.6 Å². The number of nitrogens with two attached hydrogens (primary N) is 2. The van der Waals surface area contributed by atoms with Crippen molar-refractivity contribution in [2.24, 2.45) is 31.9 Å². The van der Waals surface area contributed by atoms with E-state index in [1.807, 2.05) is 31.7 Å². The SMILES string of the molecule is C=C/C=N\C1=C(C)N/C(=N/C(=C/CC)/N=C(\C)N)CS1.C=CC(=O)N1CCCC1.C[C@H](N)C(C)(C)C. The van der Waals surface area contributed by atoms with Gasteiger partial charge in [0.05, 0.1) is 11.6 Å². The molecule has 1 fully saturated rings. The van der Waals surface area contributed by atoms with Crippen molar-refractivity contribution >= 4 is 35.6 Å². The van der Waals surface area contributed by atoms with E-state index in [-0.39, 0.29) is 11.3 Å². The summed E-state index contributed by atoms with van der Waals surface area (Å²) in [6.45, 7) is 23.1. The first-order chi connectivity index (χ1) is 16.8. The van der Waals surface area contributed by atoms with Crippen LogP contribution in [0.4, 0.5) is 0 Å². The molecule has 2 aliphatic rings.